The molecule has 14 heavy (non-hydrogen) atoms. The highest BCUT2D eigenvalue weighted by molar-refractivity contribution is 6.44. The Morgan fingerprint density at radius 2 is 1.71 bits per heavy atom. The van der Waals surface area contributed by atoms with E-state index < -0.39 is 23.1 Å². The minimum atomic E-state index is -1.31. The van der Waals surface area contributed by atoms with Crippen molar-refractivity contribution >= 4 is 35.1 Å². The molecule has 0 aliphatic heterocycles. The number of carbonyl (C=O) groups excluding carboxylic acids is 2. The highest BCUT2D eigenvalue weighted by atomic mass is 35.5. The average Bonchev–Trinajstić information content (AvgIpc) is 2.01. The van der Waals surface area contributed by atoms with E-state index in [1.54, 1.807) is 0 Å². The van der Waals surface area contributed by atoms with E-state index in [0.717, 1.165) is 6.92 Å². The number of carbonyl (C=O) groups is 2. The van der Waals surface area contributed by atoms with Crippen LogP contribution in [0.5, 0.6) is 0 Å². The van der Waals surface area contributed by atoms with Gasteiger partial charge in [0.05, 0.1) is 0 Å². The van der Waals surface area contributed by atoms with Gasteiger partial charge in [0.15, 0.2) is 4.84 Å². The van der Waals surface area contributed by atoms with Gasteiger partial charge in [0.2, 0.25) is 0 Å². The summed E-state index contributed by atoms with van der Waals surface area (Å²) in [5.41, 5.74) is 0.163. The molecule has 1 atom stereocenters. The molecule has 0 amide bonds. The van der Waals surface area contributed by atoms with Crippen LogP contribution < -0.4 is 0 Å². The maximum absolute atomic E-state index is 11.0. The molecule has 0 aromatic heterocycles. The predicted octanol–water partition coefficient (Wildman–Crippen LogP) is 1.80. The van der Waals surface area contributed by atoms with Crippen LogP contribution in [-0.4, -0.2) is 23.1 Å². The molecule has 0 aromatic carbocycles. The van der Waals surface area contributed by atoms with E-state index in [9.17, 15) is 9.59 Å². The number of esters is 2. The van der Waals surface area contributed by atoms with Crippen molar-refractivity contribution in [3.05, 3.63) is 12.2 Å². The Kier molecular flexibility index (Phi) is 5.57. The summed E-state index contributed by atoms with van der Waals surface area (Å²) in [5.74, 6) is -1.36. The maximum Gasteiger partial charge on any atom is 0.336 e. The van der Waals surface area contributed by atoms with Crippen LogP contribution in [0.2, 0.25) is 0 Å². The van der Waals surface area contributed by atoms with Gasteiger partial charge < -0.3 is 9.47 Å². The molecule has 0 aliphatic carbocycles. The van der Waals surface area contributed by atoms with E-state index in [1.807, 2.05) is 0 Å². The molecule has 1 unspecified atom stereocenters. The Hall–Kier alpha value is -0.740. The molecule has 0 saturated heterocycles. The molecule has 0 spiro atoms. The quantitative estimate of drug-likeness (QED) is 0.326. The van der Waals surface area contributed by atoms with E-state index in [1.165, 1.54) is 6.92 Å². The molecular formula is C8H10Cl2O4. The van der Waals surface area contributed by atoms with Crippen LogP contribution in [-0.2, 0) is 19.1 Å². The molecule has 0 aromatic rings. The average molecular weight is 241 g/mol. The second-order valence-corrected chi connectivity index (χ2v) is 3.66. The first-order valence-electron chi connectivity index (χ1n) is 3.66. The smallest absolute Gasteiger partial charge is 0.336 e. The van der Waals surface area contributed by atoms with Crippen molar-refractivity contribution in [3.63, 3.8) is 0 Å². The van der Waals surface area contributed by atoms with Gasteiger partial charge in [-0.15, -0.1) is 0 Å². The Morgan fingerprint density at radius 1 is 1.21 bits per heavy atom. The SMILES string of the molecule is C=C(C)C(=O)OC(OC(C)=O)C(Cl)Cl. The fraction of sp³-hybridized carbons (Fsp3) is 0.500. The van der Waals surface area contributed by atoms with Crippen LogP contribution in [0.25, 0.3) is 0 Å². The van der Waals surface area contributed by atoms with Crippen molar-refractivity contribution in [2.75, 3.05) is 0 Å². The van der Waals surface area contributed by atoms with Crippen LogP contribution in [0.1, 0.15) is 13.8 Å². The van der Waals surface area contributed by atoms with Gasteiger partial charge in [-0.05, 0) is 6.92 Å². The number of rotatable bonds is 4. The van der Waals surface area contributed by atoms with E-state index >= 15 is 0 Å². The first-order valence-corrected chi connectivity index (χ1v) is 4.53. The summed E-state index contributed by atoms with van der Waals surface area (Å²) < 4.78 is 9.18. The molecule has 0 radical (unpaired) electrons. The number of halogens is 2. The normalized spacial score (nSPS) is 12.1. The summed E-state index contributed by atoms with van der Waals surface area (Å²) in [6.07, 6.45) is -1.31. The lowest BCUT2D eigenvalue weighted by Crippen LogP contribution is -2.29. The van der Waals surface area contributed by atoms with Crippen LogP contribution in [0, 0.1) is 0 Å². The summed E-state index contributed by atoms with van der Waals surface area (Å²) in [6.45, 7) is 5.94. The lowest BCUT2D eigenvalue weighted by molar-refractivity contribution is -0.180. The summed E-state index contributed by atoms with van der Waals surface area (Å²) in [4.78, 5) is 20.4. The van der Waals surface area contributed by atoms with Crippen molar-refractivity contribution in [3.8, 4) is 0 Å². The molecule has 0 bridgehead atoms. The zero-order valence-corrected chi connectivity index (χ0v) is 9.26. The topological polar surface area (TPSA) is 52.6 Å². The van der Waals surface area contributed by atoms with Gasteiger partial charge in [-0.1, -0.05) is 29.8 Å². The lowest BCUT2D eigenvalue weighted by atomic mass is 10.4. The Bertz CT molecular complexity index is 250. The fourth-order valence-corrected chi connectivity index (χ4v) is 0.702. The monoisotopic (exact) mass is 240 g/mol. The fourth-order valence-electron chi connectivity index (χ4n) is 0.497. The van der Waals surface area contributed by atoms with Crippen LogP contribution >= 0.6 is 23.2 Å². The van der Waals surface area contributed by atoms with Gasteiger partial charge in [0.1, 0.15) is 0 Å². The second kappa shape index (κ2) is 5.88. The van der Waals surface area contributed by atoms with Gasteiger partial charge >= 0.3 is 11.9 Å². The minimum Gasteiger partial charge on any atom is -0.422 e. The molecule has 0 saturated carbocycles. The van der Waals surface area contributed by atoms with Gasteiger partial charge in [0.25, 0.3) is 6.29 Å². The van der Waals surface area contributed by atoms with Gasteiger partial charge in [-0.2, -0.15) is 0 Å². The molecule has 80 valence electrons. The Labute approximate surface area is 91.8 Å². The third kappa shape index (κ3) is 5.09. The molecule has 0 aliphatic rings. The van der Waals surface area contributed by atoms with Gasteiger partial charge in [0, 0.05) is 12.5 Å². The van der Waals surface area contributed by atoms with Crippen molar-refractivity contribution in [2.45, 2.75) is 25.0 Å². The third-order valence-corrected chi connectivity index (χ3v) is 1.47. The molecule has 6 heteroatoms. The zero-order chi connectivity index (χ0) is 11.3. The number of alkyl halides is 2. The Balaban J connectivity index is 4.30. The lowest BCUT2D eigenvalue weighted by Gasteiger charge is -2.17. The molecule has 0 rings (SSSR count). The van der Waals surface area contributed by atoms with E-state index in [0.29, 0.717) is 0 Å². The largest absolute Gasteiger partial charge is 0.422 e. The van der Waals surface area contributed by atoms with Crippen LogP contribution in [0.4, 0.5) is 0 Å². The second-order valence-electron chi connectivity index (χ2n) is 2.50. The van der Waals surface area contributed by atoms with Gasteiger partial charge in [-0.3, -0.25) is 4.79 Å². The van der Waals surface area contributed by atoms with Crippen LogP contribution in [0.3, 0.4) is 0 Å². The maximum atomic E-state index is 11.0. The zero-order valence-electron chi connectivity index (χ0n) is 7.75. The van der Waals surface area contributed by atoms with Crippen molar-refractivity contribution in [1.29, 1.82) is 0 Å². The first kappa shape index (κ1) is 13.3. The predicted molar refractivity (Wildman–Crippen MR) is 52.0 cm³/mol. The highest BCUT2D eigenvalue weighted by Gasteiger charge is 2.24. The van der Waals surface area contributed by atoms with Crippen molar-refractivity contribution in [1.82, 2.24) is 0 Å². The van der Waals surface area contributed by atoms with Crippen molar-refractivity contribution < 1.29 is 19.1 Å². The molecule has 4 nitrogen and oxygen atoms in total. The third-order valence-electron chi connectivity index (χ3n) is 1.06. The standard InChI is InChI=1S/C8H10Cl2O4/c1-4(2)7(12)14-8(6(9)10)13-5(3)11/h6,8H,1H2,2-3H3. The molecule has 0 heterocycles. The number of hydrogen-bond acceptors (Lipinski definition) is 4. The summed E-state index contributed by atoms with van der Waals surface area (Å²) >= 11 is 10.8. The van der Waals surface area contributed by atoms with Gasteiger partial charge in [-0.25, -0.2) is 4.79 Å². The summed E-state index contributed by atoms with van der Waals surface area (Å²) in [5, 5.41) is 0. The minimum absolute atomic E-state index is 0.163. The van der Waals surface area contributed by atoms with Crippen LogP contribution in [0.15, 0.2) is 12.2 Å². The molecule has 0 fully saturated rings. The summed E-state index contributed by atoms with van der Waals surface area (Å²) in [7, 11) is 0. The number of ether oxygens (including phenoxy) is 2. The van der Waals surface area contributed by atoms with Crippen molar-refractivity contribution in [2.24, 2.45) is 0 Å². The summed E-state index contributed by atoms with van der Waals surface area (Å²) in [6, 6.07) is 0. The molecule has 0 N–H and O–H groups in total. The molecular weight excluding hydrogens is 231 g/mol. The van der Waals surface area contributed by atoms with E-state index in [2.05, 4.69) is 16.1 Å². The Morgan fingerprint density at radius 3 is 2.00 bits per heavy atom. The van der Waals surface area contributed by atoms with E-state index in [4.69, 9.17) is 23.2 Å². The highest BCUT2D eigenvalue weighted by Crippen LogP contribution is 2.14. The first-order chi connectivity index (χ1) is 6.34. The number of hydrogen-bond donors (Lipinski definition) is 0. The van der Waals surface area contributed by atoms with E-state index in [-0.39, 0.29) is 5.57 Å².